The number of nitrogens with zero attached hydrogens (tertiary/aromatic N) is 1. The Morgan fingerprint density at radius 3 is 2.50 bits per heavy atom. The predicted octanol–water partition coefficient (Wildman–Crippen LogP) is 4.81. The van der Waals surface area contributed by atoms with Gasteiger partial charge < -0.3 is 9.84 Å². The number of hydrogen-bond donors (Lipinski definition) is 1. The first-order chi connectivity index (χ1) is 19.3. The molecule has 4 aliphatic rings. The van der Waals surface area contributed by atoms with E-state index in [9.17, 15) is 24.3 Å². The zero-order valence-corrected chi connectivity index (χ0v) is 22.6. The van der Waals surface area contributed by atoms with Crippen molar-refractivity contribution in [2.24, 2.45) is 17.8 Å². The molecule has 204 valence electrons. The lowest BCUT2D eigenvalue weighted by molar-refractivity contribution is -0.140. The third-order valence-electron chi connectivity index (χ3n) is 8.66. The molecule has 4 unspecified atom stereocenters. The summed E-state index contributed by atoms with van der Waals surface area (Å²) in [5, 5.41) is 11.3. The van der Waals surface area contributed by atoms with Gasteiger partial charge in [0.2, 0.25) is 11.8 Å². The summed E-state index contributed by atoms with van der Waals surface area (Å²) in [7, 11) is 0. The lowest BCUT2D eigenvalue weighted by Gasteiger charge is -2.42. The average Bonchev–Trinajstić information content (AvgIpc) is 3.20. The maximum atomic E-state index is 13.5. The number of likely N-dealkylation sites (tertiary alicyclic amines) is 1. The number of rotatable bonds is 6. The lowest BCUT2D eigenvalue weighted by Crippen LogP contribution is -2.39. The van der Waals surface area contributed by atoms with Gasteiger partial charge in [0.1, 0.15) is 18.1 Å². The number of aromatic hydroxyl groups is 1. The highest BCUT2D eigenvalue weighted by Crippen LogP contribution is 2.56. The van der Waals surface area contributed by atoms with E-state index in [1.54, 1.807) is 19.1 Å². The number of amides is 2. The van der Waals surface area contributed by atoms with Crippen molar-refractivity contribution in [1.82, 2.24) is 4.90 Å². The fraction of sp³-hybridized carbons (Fsp3) is 0.333. The summed E-state index contributed by atoms with van der Waals surface area (Å²) >= 11 is 0. The van der Waals surface area contributed by atoms with Crippen LogP contribution < -0.4 is 4.74 Å². The van der Waals surface area contributed by atoms with Crippen LogP contribution in [-0.2, 0) is 25.8 Å². The molecule has 0 bridgehead atoms. The highest BCUT2D eigenvalue weighted by molar-refractivity contribution is 6.24. The Labute approximate surface area is 232 Å². The van der Waals surface area contributed by atoms with E-state index < -0.39 is 23.7 Å². The highest BCUT2D eigenvalue weighted by Gasteiger charge is 2.56. The monoisotopic (exact) mass is 537 g/mol. The Morgan fingerprint density at radius 1 is 1.00 bits per heavy atom. The molecule has 1 aliphatic heterocycles. The molecule has 3 aliphatic carbocycles. The van der Waals surface area contributed by atoms with E-state index in [-0.39, 0.29) is 35.6 Å². The van der Waals surface area contributed by atoms with Gasteiger partial charge in [0, 0.05) is 40.8 Å². The highest BCUT2D eigenvalue weighted by atomic mass is 16.5. The van der Waals surface area contributed by atoms with E-state index >= 15 is 0 Å². The summed E-state index contributed by atoms with van der Waals surface area (Å²) < 4.78 is 5.90. The zero-order valence-electron chi connectivity index (χ0n) is 22.6. The Balaban J connectivity index is 1.41. The number of ether oxygens (including phenoxy) is 1. The van der Waals surface area contributed by atoms with Crippen molar-refractivity contribution in [2.75, 3.05) is 6.54 Å². The van der Waals surface area contributed by atoms with Crippen LogP contribution in [0.5, 0.6) is 11.5 Å². The molecule has 0 aromatic heterocycles. The van der Waals surface area contributed by atoms with Gasteiger partial charge in [-0.25, -0.2) is 0 Å². The van der Waals surface area contributed by atoms with Gasteiger partial charge in [-0.1, -0.05) is 55.0 Å². The molecule has 2 amide bonds. The number of hydrogen-bond acceptors (Lipinski definition) is 6. The molecule has 1 heterocycles. The summed E-state index contributed by atoms with van der Waals surface area (Å²) in [6.45, 7) is 4.25. The molecule has 7 heteroatoms. The third-order valence-corrected chi connectivity index (χ3v) is 8.66. The molecule has 4 atom stereocenters. The van der Waals surface area contributed by atoms with Crippen LogP contribution >= 0.6 is 0 Å². The first-order valence-corrected chi connectivity index (χ1v) is 13.8. The van der Waals surface area contributed by atoms with Crippen LogP contribution in [-0.4, -0.2) is 39.9 Å². The van der Waals surface area contributed by atoms with E-state index in [2.05, 4.69) is 0 Å². The molecule has 7 nitrogen and oxygen atoms in total. The Kier molecular flexibility index (Phi) is 6.53. The Hall–Kier alpha value is -4.26. The number of ketones is 2. The van der Waals surface area contributed by atoms with Crippen molar-refractivity contribution in [3.05, 3.63) is 94.1 Å². The summed E-state index contributed by atoms with van der Waals surface area (Å²) in [6.07, 6.45) is 4.61. The van der Waals surface area contributed by atoms with Crippen molar-refractivity contribution >= 4 is 23.4 Å². The summed E-state index contributed by atoms with van der Waals surface area (Å²) in [6, 6.07) is 14.7. The molecule has 2 aromatic rings. The van der Waals surface area contributed by atoms with E-state index in [0.717, 1.165) is 11.1 Å². The molecule has 6 rings (SSSR count). The molecular weight excluding hydrogens is 506 g/mol. The van der Waals surface area contributed by atoms with E-state index in [1.807, 2.05) is 43.3 Å². The van der Waals surface area contributed by atoms with E-state index in [1.165, 1.54) is 17.0 Å². The van der Waals surface area contributed by atoms with Gasteiger partial charge in [0.05, 0.1) is 11.8 Å². The smallest absolute Gasteiger partial charge is 0.233 e. The van der Waals surface area contributed by atoms with Gasteiger partial charge in [0.15, 0.2) is 11.6 Å². The predicted molar refractivity (Wildman–Crippen MR) is 147 cm³/mol. The SMILES string of the molecule is CCCN1C(=O)C2CC=C3C(c4ccc(OCc5ccccc5)cc4O)C4=C(CC3C2C1=O)C(=O)C=C(C)C4=O. The first-order valence-electron chi connectivity index (χ1n) is 13.8. The van der Waals surface area contributed by atoms with Gasteiger partial charge in [0.25, 0.3) is 0 Å². The molecule has 1 N–H and O–H groups in total. The van der Waals surface area contributed by atoms with Crippen LogP contribution in [0.3, 0.4) is 0 Å². The van der Waals surface area contributed by atoms with Gasteiger partial charge >= 0.3 is 0 Å². The number of benzene rings is 2. The fourth-order valence-corrected chi connectivity index (χ4v) is 6.82. The van der Waals surface area contributed by atoms with Crippen molar-refractivity contribution in [1.29, 1.82) is 0 Å². The first kappa shape index (κ1) is 26.0. The molecule has 0 radical (unpaired) electrons. The topological polar surface area (TPSA) is 101 Å². The Bertz CT molecular complexity index is 1530. The number of fused-ring (bicyclic) bond motifs is 3. The second-order valence-corrected chi connectivity index (χ2v) is 11.1. The summed E-state index contributed by atoms with van der Waals surface area (Å²) in [4.78, 5) is 54.8. The van der Waals surface area contributed by atoms with Crippen molar-refractivity contribution in [3.8, 4) is 11.5 Å². The number of allylic oxidation sites excluding steroid dienone is 6. The number of phenolic OH excluding ortho intramolecular Hbond substituents is 1. The second kappa shape index (κ2) is 10.0. The molecule has 2 aromatic carbocycles. The third kappa shape index (κ3) is 4.12. The maximum Gasteiger partial charge on any atom is 0.233 e. The minimum Gasteiger partial charge on any atom is -0.507 e. The second-order valence-electron chi connectivity index (χ2n) is 11.1. The molecule has 1 saturated heterocycles. The summed E-state index contributed by atoms with van der Waals surface area (Å²) in [5.74, 6) is -2.57. The number of phenols is 1. The maximum absolute atomic E-state index is 13.5. The Morgan fingerprint density at radius 2 is 1.77 bits per heavy atom. The fourth-order valence-electron chi connectivity index (χ4n) is 6.82. The van der Waals surface area contributed by atoms with Crippen molar-refractivity contribution in [2.45, 2.75) is 45.6 Å². The average molecular weight is 538 g/mol. The lowest BCUT2D eigenvalue weighted by atomic mass is 9.59. The number of carbonyl (C=O) groups excluding carboxylic acids is 4. The largest absolute Gasteiger partial charge is 0.507 e. The molecule has 0 spiro atoms. The molecular formula is C33H31NO6. The van der Waals surface area contributed by atoms with Crippen LogP contribution in [0.4, 0.5) is 0 Å². The minimum absolute atomic E-state index is 0.0556. The number of Topliss-reactive ketones (excluding diaryl/α,β-unsaturated/α-hetero) is 1. The van der Waals surface area contributed by atoms with Crippen LogP contribution in [0.2, 0.25) is 0 Å². The minimum atomic E-state index is -0.693. The van der Waals surface area contributed by atoms with Gasteiger partial charge in [-0.2, -0.15) is 0 Å². The van der Waals surface area contributed by atoms with Crippen LogP contribution in [0, 0.1) is 17.8 Å². The summed E-state index contributed by atoms with van der Waals surface area (Å²) in [5.41, 5.74) is 3.38. The number of imide groups is 1. The normalized spacial score (nSPS) is 25.8. The standard InChI is InChI=1S/C33H31NO6/c1-3-13-34-32(38)23-12-11-21-24(29(23)33(34)39)16-25-26(35)14-18(2)31(37)30(25)28(21)22-10-9-20(15-27(22)36)40-17-19-7-5-4-6-8-19/h4-11,14-15,23-24,28-29,36H,3,12-13,16-17H2,1-2H3. The number of carbonyl (C=O) groups is 4. The van der Waals surface area contributed by atoms with Crippen molar-refractivity contribution in [3.63, 3.8) is 0 Å². The molecule has 1 fully saturated rings. The van der Waals surface area contributed by atoms with Crippen molar-refractivity contribution < 1.29 is 29.0 Å². The quantitative estimate of drug-likeness (QED) is 0.322. The van der Waals surface area contributed by atoms with Crippen LogP contribution in [0.25, 0.3) is 0 Å². The molecule has 0 saturated carbocycles. The zero-order chi connectivity index (χ0) is 28.1. The van der Waals surface area contributed by atoms with Crippen LogP contribution in [0.15, 0.2) is 83.0 Å². The molecule has 40 heavy (non-hydrogen) atoms. The van der Waals surface area contributed by atoms with E-state index in [0.29, 0.717) is 54.0 Å². The van der Waals surface area contributed by atoms with Crippen LogP contribution in [0.1, 0.15) is 50.2 Å². The van der Waals surface area contributed by atoms with Gasteiger partial charge in [-0.05, 0) is 49.8 Å². The van der Waals surface area contributed by atoms with Gasteiger partial charge in [-0.3, -0.25) is 24.1 Å². The van der Waals surface area contributed by atoms with E-state index in [4.69, 9.17) is 4.74 Å². The van der Waals surface area contributed by atoms with Gasteiger partial charge in [-0.15, -0.1) is 0 Å².